The molecular formula is C12H20N2O2. The summed E-state index contributed by atoms with van der Waals surface area (Å²) in [6.45, 7) is 0.0167. The molecule has 4 nitrogen and oxygen atoms in total. The van der Waals surface area contributed by atoms with E-state index in [0.29, 0.717) is 6.04 Å². The van der Waals surface area contributed by atoms with Gasteiger partial charge in [0.25, 0.3) is 0 Å². The second-order valence-electron chi connectivity index (χ2n) is 5.85. The molecule has 0 aromatic rings. The van der Waals surface area contributed by atoms with Gasteiger partial charge < -0.3 is 5.11 Å². The van der Waals surface area contributed by atoms with E-state index in [9.17, 15) is 4.79 Å². The standard InChI is InChI=1S/C12H20N2O2/c15-11(16)6-13-14-12-9-2-7-1-8(4-9)5-10(12)3-7/h7-10,12-14H,1-6H2,(H,15,16). The molecule has 0 heterocycles. The lowest BCUT2D eigenvalue weighted by atomic mass is 9.54. The van der Waals surface area contributed by atoms with Crippen molar-refractivity contribution in [3.8, 4) is 0 Å². The summed E-state index contributed by atoms with van der Waals surface area (Å²) in [5, 5.41) is 8.59. The first-order chi connectivity index (χ1) is 7.72. The van der Waals surface area contributed by atoms with Crippen molar-refractivity contribution in [2.75, 3.05) is 6.54 Å². The summed E-state index contributed by atoms with van der Waals surface area (Å²) in [4.78, 5) is 10.4. The fourth-order valence-corrected chi connectivity index (χ4v) is 4.41. The molecule has 4 fully saturated rings. The number of carboxylic acid groups (broad SMARTS) is 1. The lowest BCUT2D eigenvalue weighted by Gasteiger charge is -2.54. The van der Waals surface area contributed by atoms with Crippen molar-refractivity contribution in [2.45, 2.75) is 38.1 Å². The number of hydrogen-bond acceptors (Lipinski definition) is 3. The first-order valence-corrected chi connectivity index (χ1v) is 6.42. The Kier molecular flexibility index (Phi) is 2.64. The van der Waals surface area contributed by atoms with Gasteiger partial charge in [0.15, 0.2) is 0 Å². The lowest BCUT2D eigenvalue weighted by Crippen LogP contribution is -2.58. The Bertz CT molecular complexity index is 265. The predicted octanol–water partition coefficient (Wildman–Crippen LogP) is 0.990. The lowest BCUT2D eigenvalue weighted by molar-refractivity contribution is -0.136. The van der Waals surface area contributed by atoms with Gasteiger partial charge in [0.1, 0.15) is 6.54 Å². The van der Waals surface area contributed by atoms with Crippen LogP contribution < -0.4 is 10.9 Å². The molecule has 0 aromatic carbocycles. The number of carboxylic acids is 1. The Morgan fingerprint density at radius 1 is 1.06 bits per heavy atom. The molecule has 0 amide bonds. The minimum Gasteiger partial charge on any atom is -0.480 e. The van der Waals surface area contributed by atoms with Crippen molar-refractivity contribution in [1.82, 2.24) is 10.9 Å². The molecule has 0 unspecified atom stereocenters. The van der Waals surface area contributed by atoms with Crippen molar-refractivity contribution < 1.29 is 9.90 Å². The zero-order valence-corrected chi connectivity index (χ0v) is 9.48. The first-order valence-electron chi connectivity index (χ1n) is 6.42. The Hall–Kier alpha value is -0.610. The second-order valence-corrected chi connectivity index (χ2v) is 5.85. The van der Waals surface area contributed by atoms with Gasteiger partial charge in [-0.3, -0.25) is 10.2 Å². The van der Waals surface area contributed by atoms with E-state index < -0.39 is 5.97 Å². The summed E-state index contributed by atoms with van der Waals surface area (Å²) in [5.74, 6) is 2.73. The van der Waals surface area contributed by atoms with Gasteiger partial charge in [-0.15, -0.1) is 0 Å². The van der Waals surface area contributed by atoms with Gasteiger partial charge in [0, 0.05) is 6.04 Å². The molecule has 0 radical (unpaired) electrons. The van der Waals surface area contributed by atoms with Crippen LogP contribution in [-0.2, 0) is 4.79 Å². The molecule has 4 saturated carbocycles. The van der Waals surface area contributed by atoms with Crippen LogP contribution in [0.15, 0.2) is 0 Å². The fourth-order valence-electron chi connectivity index (χ4n) is 4.41. The third-order valence-electron chi connectivity index (χ3n) is 4.74. The molecule has 16 heavy (non-hydrogen) atoms. The maximum Gasteiger partial charge on any atom is 0.318 e. The van der Waals surface area contributed by atoms with E-state index in [0.717, 1.165) is 23.7 Å². The highest BCUT2D eigenvalue weighted by atomic mass is 16.4. The van der Waals surface area contributed by atoms with Gasteiger partial charge in [-0.05, 0) is 55.8 Å². The number of rotatable bonds is 4. The van der Waals surface area contributed by atoms with E-state index in [-0.39, 0.29) is 6.54 Å². The van der Waals surface area contributed by atoms with E-state index in [4.69, 9.17) is 5.11 Å². The third-order valence-corrected chi connectivity index (χ3v) is 4.74. The van der Waals surface area contributed by atoms with Crippen LogP contribution in [0.4, 0.5) is 0 Å². The smallest absolute Gasteiger partial charge is 0.318 e. The first kappa shape index (κ1) is 10.5. The van der Waals surface area contributed by atoms with Gasteiger partial charge in [-0.25, -0.2) is 5.43 Å². The molecule has 4 aliphatic rings. The van der Waals surface area contributed by atoms with Gasteiger partial charge in [-0.2, -0.15) is 0 Å². The van der Waals surface area contributed by atoms with E-state index in [2.05, 4.69) is 10.9 Å². The normalized spacial score (nSPS) is 44.9. The highest BCUT2D eigenvalue weighted by Crippen LogP contribution is 2.53. The summed E-state index contributed by atoms with van der Waals surface area (Å²) in [5.41, 5.74) is 6.13. The van der Waals surface area contributed by atoms with Crippen molar-refractivity contribution in [2.24, 2.45) is 23.7 Å². The van der Waals surface area contributed by atoms with E-state index >= 15 is 0 Å². The number of nitrogens with one attached hydrogen (secondary N) is 2. The maximum absolute atomic E-state index is 10.4. The minimum absolute atomic E-state index is 0.0167. The summed E-state index contributed by atoms with van der Waals surface area (Å²) in [6, 6.07) is 0.521. The molecule has 90 valence electrons. The maximum atomic E-state index is 10.4. The third kappa shape index (κ3) is 1.84. The van der Waals surface area contributed by atoms with Crippen LogP contribution in [0.1, 0.15) is 32.1 Å². The largest absolute Gasteiger partial charge is 0.480 e. The van der Waals surface area contributed by atoms with Crippen LogP contribution in [0, 0.1) is 23.7 Å². The van der Waals surface area contributed by atoms with Crippen LogP contribution in [0.2, 0.25) is 0 Å². The highest BCUT2D eigenvalue weighted by Gasteiger charge is 2.47. The average molecular weight is 224 g/mol. The molecule has 0 atom stereocenters. The SMILES string of the molecule is O=C(O)CNNC1C2CC3CC(C2)CC1C3. The zero-order chi connectivity index (χ0) is 11.1. The van der Waals surface area contributed by atoms with E-state index in [1.54, 1.807) is 0 Å². The van der Waals surface area contributed by atoms with Crippen LogP contribution in [-0.4, -0.2) is 23.7 Å². The molecule has 4 rings (SSSR count). The van der Waals surface area contributed by atoms with Gasteiger partial charge in [0.05, 0.1) is 0 Å². The molecule has 0 saturated heterocycles. The van der Waals surface area contributed by atoms with Crippen molar-refractivity contribution in [3.63, 3.8) is 0 Å². The average Bonchev–Trinajstić information content (AvgIpc) is 2.20. The predicted molar refractivity (Wildman–Crippen MR) is 59.6 cm³/mol. The molecule has 0 aromatic heterocycles. The van der Waals surface area contributed by atoms with E-state index in [1.807, 2.05) is 0 Å². The van der Waals surface area contributed by atoms with Gasteiger partial charge in [-0.1, -0.05) is 0 Å². The Morgan fingerprint density at radius 3 is 2.12 bits per heavy atom. The van der Waals surface area contributed by atoms with Crippen molar-refractivity contribution in [3.05, 3.63) is 0 Å². The monoisotopic (exact) mass is 224 g/mol. The summed E-state index contributed by atoms with van der Waals surface area (Å²) in [6.07, 6.45) is 6.90. The van der Waals surface area contributed by atoms with Gasteiger partial charge in [0.2, 0.25) is 0 Å². The molecule has 0 spiro atoms. The fraction of sp³-hybridized carbons (Fsp3) is 0.917. The number of hydrogen-bond donors (Lipinski definition) is 3. The summed E-state index contributed by atoms with van der Waals surface area (Å²) < 4.78 is 0. The highest BCUT2D eigenvalue weighted by molar-refractivity contribution is 5.68. The summed E-state index contributed by atoms with van der Waals surface area (Å²) >= 11 is 0. The Labute approximate surface area is 95.8 Å². The molecule has 3 N–H and O–H groups in total. The Morgan fingerprint density at radius 2 is 1.62 bits per heavy atom. The minimum atomic E-state index is -0.795. The molecule has 4 heteroatoms. The van der Waals surface area contributed by atoms with Crippen LogP contribution >= 0.6 is 0 Å². The molecule has 4 aliphatic carbocycles. The summed E-state index contributed by atoms with van der Waals surface area (Å²) in [7, 11) is 0. The van der Waals surface area contributed by atoms with Crippen LogP contribution in [0.3, 0.4) is 0 Å². The molecule has 0 aliphatic heterocycles. The van der Waals surface area contributed by atoms with Gasteiger partial charge >= 0.3 is 5.97 Å². The van der Waals surface area contributed by atoms with Crippen LogP contribution in [0.5, 0.6) is 0 Å². The molecule has 4 bridgehead atoms. The zero-order valence-electron chi connectivity index (χ0n) is 9.48. The van der Waals surface area contributed by atoms with Crippen molar-refractivity contribution in [1.29, 1.82) is 0 Å². The van der Waals surface area contributed by atoms with Crippen LogP contribution in [0.25, 0.3) is 0 Å². The number of carbonyl (C=O) groups is 1. The van der Waals surface area contributed by atoms with Crippen molar-refractivity contribution >= 4 is 5.97 Å². The molecular weight excluding hydrogens is 204 g/mol. The number of aliphatic carboxylic acids is 1. The number of hydrazine groups is 1. The Balaban J connectivity index is 1.57. The quantitative estimate of drug-likeness (QED) is 0.623. The van der Waals surface area contributed by atoms with E-state index in [1.165, 1.54) is 32.1 Å². The second kappa shape index (κ2) is 4.00. The topological polar surface area (TPSA) is 61.4 Å².